The number of non-ortho nitro benzene ring substituents is 1. The molecule has 0 bridgehead atoms. The summed E-state index contributed by atoms with van der Waals surface area (Å²) < 4.78 is 0. The van der Waals surface area contributed by atoms with E-state index < -0.39 is 22.1 Å². The van der Waals surface area contributed by atoms with Crippen LogP contribution in [-0.2, 0) is 15.0 Å². The lowest BCUT2D eigenvalue weighted by atomic mass is 9.70. The van der Waals surface area contributed by atoms with Gasteiger partial charge in [-0.25, -0.2) is 4.79 Å². The third kappa shape index (κ3) is 7.39. The molecule has 8 nitrogen and oxygen atoms in total. The number of carbonyl (C=O) groups excluding carboxylic acids is 3. The van der Waals surface area contributed by atoms with Crippen molar-refractivity contribution in [1.82, 2.24) is 0 Å². The molecule has 0 aromatic heterocycles. The summed E-state index contributed by atoms with van der Waals surface area (Å²) >= 11 is 0. The van der Waals surface area contributed by atoms with Crippen LogP contribution in [-0.4, -0.2) is 28.2 Å². The Morgan fingerprint density at radius 3 is 1.83 bits per heavy atom. The van der Waals surface area contributed by atoms with E-state index in [9.17, 15) is 24.5 Å². The number of benzene rings is 3. The standard InChI is InChI=1S/C38H42N2O6/c1-5-8-10-12-22-38(23-13-11-9-6-2)33-24-28(36(42)27-14-18-30(19-15-27)40(44)45)16-20-31(33)32-21-17-29(25-34(32)38)37(43)35(7-3)39-46-26(4)41/h7,14-21,24-25H,3,5-6,8-13,22-23H2,1-2,4H3/b39-35-. The minimum Gasteiger partial charge on any atom is -0.318 e. The number of hydrogen-bond donors (Lipinski definition) is 0. The fraction of sp³-hybridized carbons (Fsp3) is 0.368. The Hall–Kier alpha value is -4.72. The Bertz CT molecular complexity index is 1640. The van der Waals surface area contributed by atoms with Crippen LogP contribution < -0.4 is 0 Å². The van der Waals surface area contributed by atoms with E-state index in [4.69, 9.17) is 4.84 Å². The maximum Gasteiger partial charge on any atom is 0.332 e. The molecule has 46 heavy (non-hydrogen) atoms. The third-order valence-electron chi connectivity index (χ3n) is 8.84. The normalized spacial score (nSPS) is 13.1. The van der Waals surface area contributed by atoms with E-state index in [0.29, 0.717) is 16.7 Å². The molecule has 0 saturated carbocycles. The van der Waals surface area contributed by atoms with Gasteiger partial charge in [-0.05, 0) is 65.4 Å². The van der Waals surface area contributed by atoms with Crippen LogP contribution in [0, 0.1) is 10.1 Å². The number of Topliss-reactive ketones (excluding diaryl/α,β-unsaturated/α-hetero) is 1. The van der Waals surface area contributed by atoms with Crippen molar-refractivity contribution in [1.29, 1.82) is 0 Å². The molecule has 0 spiro atoms. The fourth-order valence-electron chi connectivity index (χ4n) is 6.48. The molecule has 0 unspecified atom stereocenters. The summed E-state index contributed by atoms with van der Waals surface area (Å²) in [7, 11) is 0. The van der Waals surface area contributed by atoms with Crippen LogP contribution in [0.5, 0.6) is 0 Å². The molecule has 0 aliphatic heterocycles. The molecular formula is C38H42N2O6. The van der Waals surface area contributed by atoms with Crippen molar-refractivity contribution in [2.24, 2.45) is 5.16 Å². The number of unbranched alkanes of at least 4 members (excludes halogenated alkanes) is 6. The molecule has 0 atom stereocenters. The van der Waals surface area contributed by atoms with Gasteiger partial charge in [0.1, 0.15) is 0 Å². The number of oxime groups is 1. The maximum atomic E-state index is 13.7. The number of nitro benzene ring substituents is 1. The molecule has 1 aliphatic carbocycles. The minimum absolute atomic E-state index is 0.0573. The van der Waals surface area contributed by atoms with Gasteiger partial charge in [-0.15, -0.1) is 0 Å². The molecule has 0 saturated heterocycles. The fourth-order valence-corrected chi connectivity index (χ4v) is 6.48. The molecule has 3 aromatic rings. The van der Waals surface area contributed by atoms with E-state index >= 15 is 0 Å². The van der Waals surface area contributed by atoms with Crippen molar-refractivity contribution < 1.29 is 24.1 Å². The van der Waals surface area contributed by atoms with Gasteiger partial charge in [-0.1, -0.05) is 101 Å². The zero-order valence-corrected chi connectivity index (χ0v) is 27.0. The van der Waals surface area contributed by atoms with Gasteiger partial charge >= 0.3 is 5.97 Å². The first-order chi connectivity index (χ1) is 22.2. The number of rotatable bonds is 17. The van der Waals surface area contributed by atoms with Gasteiger partial charge in [-0.3, -0.25) is 19.7 Å². The quantitative estimate of drug-likeness (QED) is 0.0370. The second-order valence-electron chi connectivity index (χ2n) is 11.9. The Balaban J connectivity index is 1.85. The number of hydrogen-bond acceptors (Lipinski definition) is 7. The number of nitrogens with zero attached hydrogens (tertiary/aromatic N) is 2. The van der Waals surface area contributed by atoms with E-state index in [2.05, 4.69) is 25.6 Å². The molecule has 0 amide bonds. The first kappa shape index (κ1) is 34.2. The van der Waals surface area contributed by atoms with Gasteiger partial charge < -0.3 is 4.84 Å². The number of nitro groups is 1. The highest BCUT2D eigenvalue weighted by molar-refractivity contribution is 6.49. The Labute approximate surface area is 270 Å². The number of carbonyl (C=O) groups is 3. The number of fused-ring (bicyclic) bond motifs is 3. The maximum absolute atomic E-state index is 13.7. The molecule has 4 rings (SSSR count). The Kier molecular flexibility index (Phi) is 11.5. The predicted octanol–water partition coefficient (Wildman–Crippen LogP) is 9.32. The van der Waals surface area contributed by atoms with Crippen LogP contribution in [0.4, 0.5) is 5.69 Å². The van der Waals surface area contributed by atoms with Crippen LogP contribution in [0.3, 0.4) is 0 Å². The summed E-state index contributed by atoms with van der Waals surface area (Å²) in [4.78, 5) is 54.1. The average Bonchev–Trinajstić information content (AvgIpc) is 3.33. The number of allylic oxidation sites excluding steroid dienone is 1. The molecule has 8 heteroatoms. The second-order valence-corrected chi connectivity index (χ2v) is 11.9. The summed E-state index contributed by atoms with van der Waals surface area (Å²) in [6, 6.07) is 17.2. The Morgan fingerprint density at radius 2 is 1.33 bits per heavy atom. The molecule has 0 N–H and O–H groups in total. The zero-order chi connectivity index (χ0) is 33.3. The van der Waals surface area contributed by atoms with Crippen molar-refractivity contribution >= 4 is 28.9 Å². The summed E-state index contributed by atoms with van der Waals surface area (Å²) in [6.07, 6.45) is 11.6. The van der Waals surface area contributed by atoms with E-state index in [0.717, 1.165) is 86.5 Å². The van der Waals surface area contributed by atoms with Crippen LogP contribution in [0.1, 0.15) is 122 Å². The van der Waals surface area contributed by atoms with Crippen molar-refractivity contribution in [3.63, 3.8) is 0 Å². The lowest BCUT2D eigenvalue weighted by Crippen LogP contribution is -2.26. The molecular weight excluding hydrogens is 580 g/mol. The molecule has 3 aromatic carbocycles. The highest BCUT2D eigenvalue weighted by Crippen LogP contribution is 2.54. The van der Waals surface area contributed by atoms with Gasteiger partial charge in [-0.2, -0.15) is 0 Å². The van der Waals surface area contributed by atoms with Crippen molar-refractivity contribution in [3.8, 4) is 11.1 Å². The SMILES string of the molecule is C=C/C(=N/OC(C)=O)C(=O)c1ccc2c(c1)C(CCCCCC)(CCCCCC)c1cc(C(=O)c3ccc([N+](=O)[O-])cc3)ccc1-2. The van der Waals surface area contributed by atoms with Gasteiger partial charge in [0.25, 0.3) is 5.69 Å². The predicted molar refractivity (Wildman–Crippen MR) is 180 cm³/mol. The minimum atomic E-state index is -0.631. The molecule has 0 radical (unpaired) electrons. The van der Waals surface area contributed by atoms with Gasteiger partial charge in [0.2, 0.25) is 5.78 Å². The largest absolute Gasteiger partial charge is 0.332 e. The monoisotopic (exact) mass is 622 g/mol. The lowest BCUT2D eigenvalue weighted by Gasteiger charge is -2.33. The average molecular weight is 623 g/mol. The second kappa shape index (κ2) is 15.5. The Morgan fingerprint density at radius 1 is 0.804 bits per heavy atom. The van der Waals surface area contributed by atoms with E-state index in [1.54, 1.807) is 6.07 Å². The highest BCUT2D eigenvalue weighted by Gasteiger charge is 2.43. The molecule has 1 aliphatic rings. The van der Waals surface area contributed by atoms with Crippen LogP contribution in [0.25, 0.3) is 11.1 Å². The van der Waals surface area contributed by atoms with Crippen LogP contribution in [0.15, 0.2) is 78.5 Å². The molecule has 0 heterocycles. The van der Waals surface area contributed by atoms with Gasteiger partial charge in [0, 0.05) is 41.2 Å². The third-order valence-corrected chi connectivity index (χ3v) is 8.84. The van der Waals surface area contributed by atoms with Crippen molar-refractivity contribution in [2.45, 2.75) is 90.4 Å². The number of ketones is 2. The zero-order valence-electron chi connectivity index (χ0n) is 27.0. The van der Waals surface area contributed by atoms with E-state index in [-0.39, 0.29) is 17.2 Å². The summed E-state index contributed by atoms with van der Waals surface area (Å²) in [5.74, 6) is -1.23. The molecule has 0 fully saturated rings. The van der Waals surface area contributed by atoms with Gasteiger partial charge in [0.15, 0.2) is 11.5 Å². The van der Waals surface area contributed by atoms with Crippen molar-refractivity contribution in [2.75, 3.05) is 0 Å². The smallest absolute Gasteiger partial charge is 0.318 e. The molecule has 240 valence electrons. The van der Waals surface area contributed by atoms with Gasteiger partial charge in [0.05, 0.1) is 4.92 Å². The first-order valence-electron chi connectivity index (χ1n) is 16.2. The van der Waals surface area contributed by atoms with E-state index in [1.807, 2.05) is 30.3 Å². The summed E-state index contributed by atoms with van der Waals surface area (Å²) in [5.41, 5.74) is 4.98. The van der Waals surface area contributed by atoms with Crippen LogP contribution >= 0.6 is 0 Å². The lowest BCUT2D eigenvalue weighted by molar-refractivity contribution is -0.384. The topological polar surface area (TPSA) is 116 Å². The van der Waals surface area contributed by atoms with Crippen molar-refractivity contribution in [3.05, 3.63) is 111 Å². The summed E-state index contributed by atoms with van der Waals surface area (Å²) in [6.45, 7) is 9.27. The summed E-state index contributed by atoms with van der Waals surface area (Å²) in [5, 5.41) is 14.9. The highest BCUT2D eigenvalue weighted by atomic mass is 16.7. The first-order valence-corrected chi connectivity index (χ1v) is 16.2. The van der Waals surface area contributed by atoms with Crippen LogP contribution in [0.2, 0.25) is 0 Å². The van der Waals surface area contributed by atoms with E-state index in [1.165, 1.54) is 37.3 Å².